The van der Waals surface area contributed by atoms with Crippen LogP contribution in [-0.2, 0) is 16.0 Å². The summed E-state index contributed by atoms with van der Waals surface area (Å²) in [6.45, 7) is 4.16. The third-order valence-corrected chi connectivity index (χ3v) is 6.66. The highest BCUT2D eigenvalue weighted by molar-refractivity contribution is 5.94. The molecule has 0 aliphatic carbocycles. The summed E-state index contributed by atoms with van der Waals surface area (Å²) in [5.74, 6) is 0.299. The summed E-state index contributed by atoms with van der Waals surface area (Å²) in [5.41, 5.74) is 11.2. The second kappa shape index (κ2) is 10.2. The number of anilines is 3. The molecule has 2 amide bonds. The van der Waals surface area contributed by atoms with Gasteiger partial charge in [-0.15, -0.1) is 0 Å². The van der Waals surface area contributed by atoms with Gasteiger partial charge in [-0.3, -0.25) is 10.1 Å². The number of pyridine rings is 1. The zero-order chi connectivity index (χ0) is 25.9. The van der Waals surface area contributed by atoms with Crippen molar-refractivity contribution < 1.29 is 14.3 Å². The molecule has 4 bridgehead atoms. The molecule has 8 heteroatoms. The van der Waals surface area contributed by atoms with E-state index >= 15 is 0 Å². The van der Waals surface area contributed by atoms with Gasteiger partial charge < -0.3 is 21.1 Å². The molecule has 37 heavy (non-hydrogen) atoms. The van der Waals surface area contributed by atoms with E-state index in [1.54, 1.807) is 12.3 Å². The lowest BCUT2D eigenvalue weighted by molar-refractivity contribution is -0.122. The Morgan fingerprint density at radius 1 is 1.03 bits per heavy atom. The van der Waals surface area contributed by atoms with Crippen LogP contribution >= 0.6 is 0 Å². The van der Waals surface area contributed by atoms with Gasteiger partial charge in [0.1, 0.15) is 11.9 Å². The summed E-state index contributed by atoms with van der Waals surface area (Å²) in [4.78, 5) is 30.1. The highest BCUT2D eigenvalue weighted by Gasteiger charge is 2.24. The van der Waals surface area contributed by atoms with Crippen LogP contribution in [0.2, 0.25) is 0 Å². The molecule has 2 aliphatic heterocycles. The van der Waals surface area contributed by atoms with Crippen molar-refractivity contribution in [3.05, 3.63) is 95.2 Å². The van der Waals surface area contributed by atoms with Crippen molar-refractivity contribution in [3.8, 4) is 0 Å². The second-order valence-corrected chi connectivity index (χ2v) is 9.26. The number of carbonyl (C=O) groups excluding carboxylic acids is 2. The minimum atomic E-state index is -0.640. The molecular weight excluding hydrogens is 466 g/mol. The number of nitrogens with two attached hydrogens (primary N) is 1. The predicted molar refractivity (Wildman–Crippen MR) is 145 cm³/mol. The number of nitrogens with one attached hydrogen (secondary N) is 3. The number of hydrogen-bond acceptors (Lipinski definition) is 6. The first-order chi connectivity index (χ1) is 17.9. The fourth-order valence-electron chi connectivity index (χ4n) is 4.61. The van der Waals surface area contributed by atoms with Crippen molar-refractivity contribution in [2.24, 2.45) is 0 Å². The lowest BCUT2D eigenvalue weighted by Gasteiger charge is -2.24. The summed E-state index contributed by atoms with van der Waals surface area (Å²) < 4.78 is 5.39. The van der Waals surface area contributed by atoms with Gasteiger partial charge in [-0.2, -0.15) is 0 Å². The fraction of sp³-hybridized carbons (Fsp3) is 0.207. The van der Waals surface area contributed by atoms with Crippen LogP contribution < -0.4 is 21.7 Å². The van der Waals surface area contributed by atoms with Gasteiger partial charge in [0.15, 0.2) is 0 Å². The number of aromatic nitrogens is 1. The van der Waals surface area contributed by atoms with Gasteiger partial charge in [0.2, 0.25) is 5.91 Å². The number of carbonyl (C=O) groups is 2. The number of ether oxygens (including phenoxy) is 1. The van der Waals surface area contributed by atoms with Gasteiger partial charge in [-0.1, -0.05) is 30.3 Å². The van der Waals surface area contributed by atoms with Crippen molar-refractivity contribution >= 4 is 40.0 Å². The monoisotopic (exact) mass is 495 g/mol. The number of aryl methyl sites for hydroxylation is 1. The van der Waals surface area contributed by atoms with Crippen molar-refractivity contribution in [2.45, 2.75) is 32.4 Å². The molecule has 188 valence electrons. The van der Waals surface area contributed by atoms with Gasteiger partial charge >= 0.3 is 6.09 Å². The van der Waals surface area contributed by atoms with Gasteiger partial charge in [0, 0.05) is 29.4 Å². The fourth-order valence-corrected chi connectivity index (χ4v) is 4.61. The van der Waals surface area contributed by atoms with Crippen molar-refractivity contribution in [1.29, 1.82) is 0 Å². The predicted octanol–water partition coefficient (Wildman–Crippen LogP) is 5.26. The van der Waals surface area contributed by atoms with E-state index in [0.29, 0.717) is 17.9 Å². The van der Waals surface area contributed by atoms with E-state index in [2.05, 4.69) is 20.9 Å². The standard InChI is InChI=1S/C29H29N5O3/c1-17-14-22-7-6-19(17)11-13-37-29(36)34-23-5-3-4-20(15-23)18(2)32-28(35)26(22)33-24-8-9-25-21(16-24)10-12-31-27(25)30/h3-10,12,14-16,18,26,33H,11,13H2,1-2H3,(H2,30,31)(H,32,35)(H,34,36)/t18-,26?/m1/s1. The third-order valence-electron chi connectivity index (χ3n) is 6.66. The first-order valence-corrected chi connectivity index (χ1v) is 12.2. The normalized spacial score (nSPS) is 18.1. The van der Waals surface area contributed by atoms with Crippen molar-refractivity contribution in [2.75, 3.05) is 23.0 Å². The molecule has 0 saturated heterocycles. The molecule has 8 nitrogen and oxygen atoms in total. The Morgan fingerprint density at radius 2 is 1.89 bits per heavy atom. The Hall–Kier alpha value is -4.59. The molecule has 2 atom stereocenters. The van der Waals surface area contributed by atoms with Crippen molar-refractivity contribution in [1.82, 2.24) is 10.3 Å². The SMILES string of the molecule is Cc1cc2ccc1CCOC(=O)Nc1cccc(c1)[C@@H](C)NC(=O)C2Nc1ccc2c(N)nccc2c1. The molecule has 0 radical (unpaired) electrons. The average molecular weight is 496 g/mol. The number of amides is 2. The molecule has 0 spiro atoms. The van der Waals surface area contributed by atoms with Crippen LogP contribution in [0.3, 0.4) is 0 Å². The number of nitrogen functional groups attached to an aromatic ring is 1. The molecule has 3 aromatic carbocycles. The van der Waals surface area contributed by atoms with E-state index in [4.69, 9.17) is 10.5 Å². The van der Waals surface area contributed by atoms with E-state index in [1.165, 1.54) is 0 Å². The Balaban J connectivity index is 1.52. The third kappa shape index (κ3) is 5.33. The minimum absolute atomic E-state index is 0.168. The van der Waals surface area contributed by atoms with Crippen molar-refractivity contribution in [3.63, 3.8) is 0 Å². The molecule has 6 rings (SSSR count). The zero-order valence-corrected chi connectivity index (χ0v) is 20.7. The second-order valence-electron chi connectivity index (χ2n) is 9.26. The Kier molecular flexibility index (Phi) is 6.64. The van der Waals surface area contributed by atoms with Gasteiger partial charge in [-0.05, 0) is 77.9 Å². The van der Waals surface area contributed by atoms with Crippen LogP contribution in [0.5, 0.6) is 0 Å². The van der Waals surface area contributed by atoms with Gasteiger partial charge in [0.05, 0.1) is 12.6 Å². The van der Waals surface area contributed by atoms with Crippen LogP contribution in [0, 0.1) is 6.92 Å². The van der Waals surface area contributed by atoms with E-state index in [1.807, 2.05) is 74.5 Å². The number of benzene rings is 3. The number of rotatable bonds is 2. The maximum atomic E-state index is 13.7. The first-order valence-electron chi connectivity index (χ1n) is 12.2. The molecule has 1 aromatic heterocycles. The van der Waals surface area contributed by atoms with E-state index in [0.717, 1.165) is 38.7 Å². The quantitative estimate of drug-likeness (QED) is 0.301. The molecular formula is C29H29N5O3. The maximum absolute atomic E-state index is 13.7. The van der Waals surface area contributed by atoms with E-state index in [-0.39, 0.29) is 18.6 Å². The number of fused-ring (bicyclic) bond motifs is 10. The molecule has 5 N–H and O–H groups in total. The van der Waals surface area contributed by atoms with Crippen LogP contribution in [0.25, 0.3) is 10.8 Å². The highest BCUT2D eigenvalue weighted by atomic mass is 16.5. The zero-order valence-electron chi connectivity index (χ0n) is 20.7. The Bertz CT molecular complexity index is 1490. The van der Waals surface area contributed by atoms with E-state index in [9.17, 15) is 9.59 Å². The largest absolute Gasteiger partial charge is 0.449 e. The smallest absolute Gasteiger partial charge is 0.411 e. The number of nitrogens with zero attached hydrogens (tertiary/aromatic N) is 1. The molecule has 1 unspecified atom stereocenters. The topological polar surface area (TPSA) is 118 Å². The van der Waals surface area contributed by atoms with E-state index < -0.39 is 12.1 Å². The molecule has 4 aromatic rings. The highest BCUT2D eigenvalue weighted by Crippen LogP contribution is 2.28. The van der Waals surface area contributed by atoms with Gasteiger partial charge in [0.25, 0.3) is 0 Å². The lowest BCUT2D eigenvalue weighted by atomic mass is 9.97. The summed E-state index contributed by atoms with van der Waals surface area (Å²) in [5, 5.41) is 11.1. The Labute approximate surface area is 215 Å². The molecule has 3 heterocycles. The molecule has 0 saturated carbocycles. The Morgan fingerprint density at radius 3 is 2.73 bits per heavy atom. The summed E-state index contributed by atoms with van der Waals surface area (Å²) in [6, 6.07) is 20.0. The summed E-state index contributed by atoms with van der Waals surface area (Å²) in [7, 11) is 0. The summed E-state index contributed by atoms with van der Waals surface area (Å²) >= 11 is 0. The minimum Gasteiger partial charge on any atom is -0.449 e. The average Bonchev–Trinajstić information content (AvgIpc) is 2.88. The number of hydrogen-bond donors (Lipinski definition) is 4. The summed E-state index contributed by atoms with van der Waals surface area (Å²) in [6.07, 6.45) is 1.73. The van der Waals surface area contributed by atoms with Crippen LogP contribution in [0.1, 0.15) is 41.3 Å². The molecule has 0 fully saturated rings. The maximum Gasteiger partial charge on any atom is 0.411 e. The molecule has 2 aliphatic rings. The first kappa shape index (κ1) is 24.1. The van der Waals surface area contributed by atoms with Crippen LogP contribution in [-0.4, -0.2) is 23.6 Å². The van der Waals surface area contributed by atoms with Gasteiger partial charge in [-0.25, -0.2) is 9.78 Å². The van der Waals surface area contributed by atoms with Crippen LogP contribution in [0.4, 0.5) is 22.0 Å². The van der Waals surface area contributed by atoms with Crippen LogP contribution in [0.15, 0.2) is 72.9 Å². The lowest BCUT2D eigenvalue weighted by Crippen LogP contribution is -2.35.